The first-order valence-corrected chi connectivity index (χ1v) is 9.24. The van der Waals surface area contributed by atoms with Crippen molar-refractivity contribution in [2.75, 3.05) is 16.8 Å². The van der Waals surface area contributed by atoms with Gasteiger partial charge in [0.25, 0.3) is 5.89 Å². The van der Waals surface area contributed by atoms with Crippen LogP contribution in [0.15, 0.2) is 59.1 Å². The van der Waals surface area contributed by atoms with Crippen LogP contribution in [0.2, 0.25) is 0 Å². The Bertz CT molecular complexity index is 1000. The molecule has 7 nitrogen and oxygen atoms in total. The fraction of sp³-hybridized carbons (Fsp3) is 0.238. The summed E-state index contributed by atoms with van der Waals surface area (Å²) in [5.41, 5.74) is 2.05. The number of hydrogen-bond acceptors (Lipinski definition) is 5. The lowest BCUT2D eigenvalue weighted by Crippen LogP contribution is -2.28. The summed E-state index contributed by atoms with van der Waals surface area (Å²) in [4.78, 5) is 31.2. The van der Waals surface area contributed by atoms with Crippen LogP contribution in [0.5, 0.6) is 0 Å². The van der Waals surface area contributed by atoms with Crippen molar-refractivity contribution in [2.45, 2.75) is 19.8 Å². The van der Waals surface area contributed by atoms with Crippen LogP contribution in [0.4, 0.5) is 11.4 Å². The van der Waals surface area contributed by atoms with E-state index < -0.39 is 5.92 Å². The number of para-hydroxylation sites is 2. The average molecular weight is 376 g/mol. The van der Waals surface area contributed by atoms with Crippen LogP contribution in [-0.4, -0.2) is 28.5 Å². The molecule has 142 valence electrons. The second-order valence-electron chi connectivity index (χ2n) is 6.65. The predicted molar refractivity (Wildman–Crippen MR) is 105 cm³/mol. The summed E-state index contributed by atoms with van der Waals surface area (Å²) in [6.45, 7) is 2.30. The first-order valence-electron chi connectivity index (χ1n) is 9.24. The summed E-state index contributed by atoms with van der Waals surface area (Å²) in [6, 6.07) is 16.7. The minimum absolute atomic E-state index is 0.0517. The third kappa shape index (κ3) is 3.51. The van der Waals surface area contributed by atoms with Gasteiger partial charge in [0.15, 0.2) is 5.82 Å². The van der Waals surface area contributed by atoms with E-state index in [1.54, 1.807) is 11.0 Å². The maximum absolute atomic E-state index is 12.8. The first kappa shape index (κ1) is 17.9. The van der Waals surface area contributed by atoms with Gasteiger partial charge in [0.05, 0.1) is 17.2 Å². The highest BCUT2D eigenvalue weighted by atomic mass is 16.5. The monoisotopic (exact) mass is 376 g/mol. The number of rotatable bonds is 5. The van der Waals surface area contributed by atoms with Crippen LogP contribution < -0.4 is 10.2 Å². The number of nitrogens with one attached hydrogen (secondary N) is 1. The normalized spacial score (nSPS) is 16.4. The Morgan fingerprint density at radius 2 is 1.93 bits per heavy atom. The summed E-state index contributed by atoms with van der Waals surface area (Å²) in [6.07, 6.45) is 0.848. The fourth-order valence-corrected chi connectivity index (χ4v) is 3.26. The minimum Gasteiger partial charge on any atom is -0.334 e. The van der Waals surface area contributed by atoms with Crippen molar-refractivity contribution in [2.24, 2.45) is 5.92 Å². The Hall–Kier alpha value is -3.48. The van der Waals surface area contributed by atoms with Gasteiger partial charge in [-0.25, -0.2) is 0 Å². The Morgan fingerprint density at radius 3 is 2.68 bits per heavy atom. The van der Waals surface area contributed by atoms with E-state index in [1.807, 2.05) is 55.5 Å². The van der Waals surface area contributed by atoms with E-state index in [9.17, 15) is 9.59 Å². The second kappa shape index (κ2) is 7.64. The van der Waals surface area contributed by atoms with Crippen molar-refractivity contribution >= 4 is 23.2 Å². The van der Waals surface area contributed by atoms with E-state index in [-0.39, 0.29) is 18.2 Å². The SMILES string of the molecule is CCc1noc(-c2ccccc2NC(=O)C2CC(=O)N(c3ccccc3)C2)n1. The molecule has 2 heterocycles. The van der Waals surface area contributed by atoms with Crippen LogP contribution >= 0.6 is 0 Å². The van der Waals surface area contributed by atoms with Crippen molar-refractivity contribution in [3.05, 3.63) is 60.4 Å². The van der Waals surface area contributed by atoms with E-state index in [0.717, 1.165) is 5.69 Å². The van der Waals surface area contributed by atoms with Gasteiger partial charge in [0.1, 0.15) is 0 Å². The van der Waals surface area contributed by atoms with E-state index >= 15 is 0 Å². The molecule has 28 heavy (non-hydrogen) atoms. The summed E-state index contributed by atoms with van der Waals surface area (Å²) >= 11 is 0. The molecule has 7 heteroatoms. The van der Waals surface area contributed by atoms with Crippen LogP contribution in [0.3, 0.4) is 0 Å². The summed E-state index contributed by atoms with van der Waals surface area (Å²) in [5.74, 6) is 0.297. The molecule has 2 aromatic carbocycles. The van der Waals surface area contributed by atoms with Gasteiger partial charge in [-0.3, -0.25) is 9.59 Å². The van der Waals surface area contributed by atoms with Crippen molar-refractivity contribution < 1.29 is 14.1 Å². The molecule has 1 saturated heterocycles. The highest BCUT2D eigenvalue weighted by molar-refractivity contribution is 6.04. The van der Waals surface area contributed by atoms with Gasteiger partial charge in [-0.05, 0) is 24.3 Å². The average Bonchev–Trinajstić information content (AvgIpc) is 3.36. The molecule has 0 aliphatic carbocycles. The number of anilines is 2. The number of nitrogens with zero attached hydrogens (tertiary/aromatic N) is 3. The molecule has 1 aromatic heterocycles. The zero-order chi connectivity index (χ0) is 19.5. The molecule has 3 aromatic rings. The molecular weight excluding hydrogens is 356 g/mol. The topological polar surface area (TPSA) is 88.3 Å². The lowest BCUT2D eigenvalue weighted by atomic mass is 10.1. The molecule has 1 atom stereocenters. The highest BCUT2D eigenvalue weighted by Crippen LogP contribution is 2.29. The summed E-state index contributed by atoms with van der Waals surface area (Å²) < 4.78 is 5.31. The van der Waals surface area contributed by atoms with Crippen LogP contribution in [0.25, 0.3) is 11.5 Å². The van der Waals surface area contributed by atoms with Gasteiger partial charge in [-0.1, -0.05) is 42.4 Å². The van der Waals surface area contributed by atoms with Gasteiger partial charge >= 0.3 is 0 Å². The Labute approximate surface area is 162 Å². The quantitative estimate of drug-likeness (QED) is 0.738. The second-order valence-corrected chi connectivity index (χ2v) is 6.65. The molecule has 0 saturated carbocycles. The standard InChI is InChI=1S/C21H20N4O3/c1-2-18-23-21(28-24-18)16-10-6-7-11-17(16)22-20(27)14-12-19(26)25(13-14)15-8-4-3-5-9-15/h3-11,14H,2,12-13H2,1H3,(H,22,27). The molecule has 0 radical (unpaired) electrons. The smallest absolute Gasteiger partial charge is 0.260 e. The van der Waals surface area contributed by atoms with Gasteiger partial charge < -0.3 is 14.7 Å². The van der Waals surface area contributed by atoms with E-state index in [0.29, 0.717) is 35.9 Å². The Balaban J connectivity index is 1.51. The molecule has 1 fully saturated rings. The number of carbonyl (C=O) groups excluding carboxylic acids is 2. The largest absolute Gasteiger partial charge is 0.334 e. The summed E-state index contributed by atoms with van der Waals surface area (Å²) in [7, 11) is 0. The van der Waals surface area contributed by atoms with Gasteiger partial charge in [0, 0.05) is 25.1 Å². The number of benzene rings is 2. The minimum atomic E-state index is -0.422. The molecule has 4 rings (SSSR count). The molecule has 0 spiro atoms. The van der Waals surface area contributed by atoms with E-state index in [4.69, 9.17) is 4.52 Å². The molecule has 0 bridgehead atoms. The van der Waals surface area contributed by atoms with E-state index in [2.05, 4.69) is 15.5 Å². The lowest BCUT2D eigenvalue weighted by molar-refractivity contribution is -0.122. The molecule has 1 N–H and O–H groups in total. The Morgan fingerprint density at radius 1 is 1.18 bits per heavy atom. The zero-order valence-corrected chi connectivity index (χ0v) is 15.5. The Kier molecular flexibility index (Phi) is 4.89. The molecular formula is C21H20N4O3. The molecule has 1 aliphatic heterocycles. The van der Waals surface area contributed by atoms with Gasteiger partial charge in [0.2, 0.25) is 11.8 Å². The predicted octanol–water partition coefficient (Wildman–Crippen LogP) is 3.29. The van der Waals surface area contributed by atoms with Crippen molar-refractivity contribution in [1.29, 1.82) is 0 Å². The van der Waals surface area contributed by atoms with Gasteiger partial charge in [-0.15, -0.1) is 0 Å². The number of hydrogen-bond donors (Lipinski definition) is 1. The first-order chi connectivity index (χ1) is 13.7. The summed E-state index contributed by atoms with van der Waals surface area (Å²) in [5, 5.41) is 6.84. The van der Waals surface area contributed by atoms with Crippen LogP contribution in [-0.2, 0) is 16.0 Å². The molecule has 2 amide bonds. The number of amides is 2. The van der Waals surface area contributed by atoms with Crippen LogP contribution in [0.1, 0.15) is 19.2 Å². The lowest BCUT2D eigenvalue weighted by Gasteiger charge is -2.16. The maximum Gasteiger partial charge on any atom is 0.260 e. The third-order valence-electron chi connectivity index (χ3n) is 4.76. The molecule has 1 aliphatic rings. The van der Waals surface area contributed by atoms with E-state index in [1.165, 1.54) is 0 Å². The fourth-order valence-electron chi connectivity index (χ4n) is 3.26. The van der Waals surface area contributed by atoms with Crippen molar-refractivity contribution in [3.8, 4) is 11.5 Å². The maximum atomic E-state index is 12.8. The number of aryl methyl sites for hydroxylation is 1. The zero-order valence-electron chi connectivity index (χ0n) is 15.5. The highest BCUT2D eigenvalue weighted by Gasteiger charge is 2.35. The van der Waals surface area contributed by atoms with Crippen molar-refractivity contribution in [1.82, 2.24) is 10.1 Å². The van der Waals surface area contributed by atoms with Crippen LogP contribution in [0, 0.1) is 5.92 Å². The third-order valence-corrected chi connectivity index (χ3v) is 4.76. The number of carbonyl (C=O) groups is 2. The molecule has 1 unspecified atom stereocenters. The van der Waals surface area contributed by atoms with Crippen molar-refractivity contribution in [3.63, 3.8) is 0 Å². The van der Waals surface area contributed by atoms with Gasteiger partial charge in [-0.2, -0.15) is 4.98 Å². The number of aromatic nitrogens is 2.